The standard InChI is InChI=1S/C17H26N4.HI/c1-5-18-17(21-12(2)3)19-10-9-14-11-20-16-13(4)7-6-8-15(14)16;/h6-8,11-12,20H,5,9-10H2,1-4H3,(H2,18,19,21);1H. The predicted molar refractivity (Wildman–Crippen MR) is 106 cm³/mol. The van der Waals surface area contributed by atoms with Gasteiger partial charge in [-0.25, -0.2) is 0 Å². The van der Waals surface area contributed by atoms with Crippen molar-refractivity contribution in [3.05, 3.63) is 35.5 Å². The van der Waals surface area contributed by atoms with Crippen molar-refractivity contribution in [3.8, 4) is 0 Å². The molecule has 0 aliphatic heterocycles. The lowest BCUT2D eigenvalue weighted by Gasteiger charge is -2.13. The van der Waals surface area contributed by atoms with Crippen molar-refractivity contribution in [2.75, 3.05) is 13.1 Å². The molecule has 0 aliphatic carbocycles. The largest absolute Gasteiger partial charge is 0.361 e. The number of fused-ring (bicyclic) bond motifs is 1. The molecule has 0 aliphatic rings. The van der Waals surface area contributed by atoms with Crippen LogP contribution in [-0.2, 0) is 6.42 Å². The monoisotopic (exact) mass is 414 g/mol. The van der Waals surface area contributed by atoms with Crippen LogP contribution < -0.4 is 10.6 Å². The van der Waals surface area contributed by atoms with Gasteiger partial charge in [-0.1, -0.05) is 18.2 Å². The third-order valence-electron chi connectivity index (χ3n) is 3.43. The zero-order valence-electron chi connectivity index (χ0n) is 13.9. The normalized spacial score (nSPS) is 11.6. The zero-order valence-corrected chi connectivity index (χ0v) is 16.2. The lowest BCUT2D eigenvalue weighted by molar-refractivity contribution is 0.700. The van der Waals surface area contributed by atoms with Gasteiger partial charge in [0.25, 0.3) is 0 Å². The average molecular weight is 414 g/mol. The molecule has 0 spiro atoms. The molecule has 0 amide bonds. The molecule has 3 N–H and O–H groups in total. The summed E-state index contributed by atoms with van der Waals surface area (Å²) >= 11 is 0. The summed E-state index contributed by atoms with van der Waals surface area (Å²) in [5, 5.41) is 7.92. The second kappa shape index (κ2) is 9.02. The van der Waals surface area contributed by atoms with Crippen LogP contribution in [0.5, 0.6) is 0 Å². The summed E-state index contributed by atoms with van der Waals surface area (Å²) in [6, 6.07) is 6.81. The number of aliphatic imine (C=N–C) groups is 1. The molecule has 0 atom stereocenters. The van der Waals surface area contributed by atoms with Crippen LogP contribution in [0, 0.1) is 6.92 Å². The van der Waals surface area contributed by atoms with E-state index in [4.69, 9.17) is 0 Å². The molecule has 0 saturated heterocycles. The minimum absolute atomic E-state index is 0. The van der Waals surface area contributed by atoms with E-state index < -0.39 is 0 Å². The van der Waals surface area contributed by atoms with Gasteiger partial charge in [-0.05, 0) is 45.2 Å². The summed E-state index contributed by atoms with van der Waals surface area (Å²) in [6.45, 7) is 10.1. The molecule has 122 valence electrons. The van der Waals surface area contributed by atoms with Crippen LogP contribution >= 0.6 is 24.0 Å². The van der Waals surface area contributed by atoms with Gasteiger partial charge in [0.15, 0.2) is 5.96 Å². The van der Waals surface area contributed by atoms with E-state index in [1.807, 2.05) is 0 Å². The molecule has 2 rings (SSSR count). The van der Waals surface area contributed by atoms with Crippen LogP contribution in [0.15, 0.2) is 29.4 Å². The molecule has 1 aromatic heterocycles. The summed E-state index contributed by atoms with van der Waals surface area (Å²) in [4.78, 5) is 8.01. The summed E-state index contributed by atoms with van der Waals surface area (Å²) in [5.41, 5.74) is 3.86. The highest BCUT2D eigenvalue weighted by Gasteiger charge is 2.05. The average Bonchev–Trinajstić information content (AvgIpc) is 2.83. The van der Waals surface area contributed by atoms with Crippen LogP contribution in [0.2, 0.25) is 0 Å². The number of rotatable bonds is 5. The van der Waals surface area contributed by atoms with Crippen molar-refractivity contribution in [2.24, 2.45) is 4.99 Å². The first-order chi connectivity index (χ1) is 10.1. The Labute approximate surface area is 150 Å². The number of nitrogens with one attached hydrogen (secondary N) is 3. The van der Waals surface area contributed by atoms with E-state index in [1.165, 1.54) is 22.0 Å². The summed E-state index contributed by atoms with van der Waals surface area (Å²) < 4.78 is 0. The first-order valence-electron chi connectivity index (χ1n) is 7.72. The van der Waals surface area contributed by atoms with Gasteiger partial charge in [0.1, 0.15) is 0 Å². The first kappa shape index (κ1) is 18.8. The highest BCUT2D eigenvalue weighted by molar-refractivity contribution is 14.0. The van der Waals surface area contributed by atoms with E-state index >= 15 is 0 Å². The molecule has 0 unspecified atom stereocenters. The molecule has 4 nitrogen and oxygen atoms in total. The smallest absolute Gasteiger partial charge is 0.191 e. The number of H-pyrrole nitrogens is 1. The van der Waals surface area contributed by atoms with Gasteiger partial charge in [0.05, 0.1) is 0 Å². The Morgan fingerprint density at radius 1 is 1.32 bits per heavy atom. The molecule has 1 heterocycles. The molecule has 22 heavy (non-hydrogen) atoms. The fourth-order valence-electron chi connectivity index (χ4n) is 2.45. The third kappa shape index (κ3) is 4.90. The Balaban J connectivity index is 0.00000242. The van der Waals surface area contributed by atoms with Crippen molar-refractivity contribution in [3.63, 3.8) is 0 Å². The quantitative estimate of drug-likeness (QED) is 0.398. The number of guanidine groups is 1. The van der Waals surface area contributed by atoms with Gasteiger partial charge in [0.2, 0.25) is 0 Å². The van der Waals surface area contributed by atoms with Crippen molar-refractivity contribution in [2.45, 2.75) is 40.2 Å². The topological polar surface area (TPSA) is 52.2 Å². The Morgan fingerprint density at radius 3 is 2.77 bits per heavy atom. The van der Waals surface area contributed by atoms with Crippen LogP contribution in [-0.4, -0.2) is 30.1 Å². The minimum atomic E-state index is 0. The van der Waals surface area contributed by atoms with Crippen molar-refractivity contribution < 1.29 is 0 Å². The van der Waals surface area contributed by atoms with Gasteiger partial charge in [-0.2, -0.15) is 0 Å². The number of hydrogen-bond acceptors (Lipinski definition) is 1. The predicted octanol–water partition coefficient (Wildman–Crippen LogP) is 3.60. The van der Waals surface area contributed by atoms with E-state index in [1.54, 1.807) is 0 Å². The summed E-state index contributed by atoms with van der Waals surface area (Å²) in [5.74, 6) is 0.892. The lowest BCUT2D eigenvalue weighted by Crippen LogP contribution is -2.41. The van der Waals surface area contributed by atoms with E-state index in [0.717, 1.165) is 25.5 Å². The molecular weight excluding hydrogens is 387 g/mol. The maximum Gasteiger partial charge on any atom is 0.191 e. The molecule has 0 fully saturated rings. The third-order valence-corrected chi connectivity index (χ3v) is 3.43. The first-order valence-corrected chi connectivity index (χ1v) is 7.72. The van der Waals surface area contributed by atoms with Crippen molar-refractivity contribution in [1.29, 1.82) is 0 Å². The van der Waals surface area contributed by atoms with Crippen molar-refractivity contribution in [1.82, 2.24) is 15.6 Å². The number of aryl methyl sites for hydroxylation is 1. The maximum absolute atomic E-state index is 4.64. The zero-order chi connectivity index (χ0) is 15.2. The fraction of sp³-hybridized carbons (Fsp3) is 0.471. The second-order valence-electron chi connectivity index (χ2n) is 5.62. The number of para-hydroxylation sites is 1. The Morgan fingerprint density at radius 2 is 2.09 bits per heavy atom. The Bertz CT molecular complexity index is 616. The highest BCUT2D eigenvalue weighted by Crippen LogP contribution is 2.21. The number of nitrogens with zero attached hydrogens (tertiary/aromatic N) is 1. The highest BCUT2D eigenvalue weighted by atomic mass is 127. The van der Waals surface area contributed by atoms with Crippen molar-refractivity contribution >= 4 is 40.8 Å². The number of benzene rings is 1. The Hall–Kier alpha value is -1.24. The van der Waals surface area contributed by atoms with Gasteiger partial charge < -0.3 is 15.6 Å². The summed E-state index contributed by atoms with van der Waals surface area (Å²) in [7, 11) is 0. The fourth-order valence-corrected chi connectivity index (χ4v) is 2.45. The van der Waals surface area contributed by atoms with E-state index in [-0.39, 0.29) is 24.0 Å². The number of aromatic amines is 1. The maximum atomic E-state index is 4.64. The molecule has 0 saturated carbocycles. The molecular formula is C17H27IN4. The van der Waals surface area contributed by atoms with E-state index in [0.29, 0.717) is 6.04 Å². The summed E-state index contributed by atoms with van der Waals surface area (Å²) in [6.07, 6.45) is 3.05. The molecule has 0 bridgehead atoms. The lowest BCUT2D eigenvalue weighted by atomic mass is 10.1. The number of aromatic nitrogens is 1. The van der Waals surface area contributed by atoms with Crippen LogP contribution in [0.3, 0.4) is 0 Å². The van der Waals surface area contributed by atoms with Crippen LogP contribution in [0.1, 0.15) is 31.9 Å². The van der Waals surface area contributed by atoms with Gasteiger partial charge in [0, 0.05) is 36.2 Å². The van der Waals surface area contributed by atoms with Gasteiger partial charge in [-0.3, -0.25) is 4.99 Å². The van der Waals surface area contributed by atoms with Gasteiger partial charge >= 0.3 is 0 Å². The number of hydrogen-bond donors (Lipinski definition) is 3. The molecule has 1 aromatic carbocycles. The minimum Gasteiger partial charge on any atom is -0.361 e. The molecule has 5 heteroatoms. The van der Waals surface area contributed by atoms with Gasteiger partial charge in [-0.15, -0.1) is 24.0 Å². The van der Waals surface area contributed by atoms with E-state index in [9.17, 15) is 0 Å². The SMILES string of the molecule is CCNC(=NCCc1c[nH]c2c(C)cccc12)NC(C)C.I. The van der Waals surface area contributed by atoms with Crippen LogP contribution in [0.4, 0.5) is 0 Å². The second-order valence-corrected chi connectivity index (χ2v) is 5.62. The molecule has 0 radical (unpaired) electrons. The Kier molecular flexibility index (Phi) is 7.72. The number of halogens is 1. The van der Waals surface area contributed by atoms with E-state index in [2.05, 4.69) is 72.7 Å². The molecule has 2 aromatic rings. The van der Waals surface area contributed by atoms with Crippen LogP contribution in [0.25, 0.3) is 10.9 Å².